The second-order valence-corrected chi connectivity index (χ2v) is 2.92. The van der Waals surface area contributed by atoms with E-state index in [0.717, 1.165) is 6.92 Å². The van der Waals surface area contributed by atoms with Gasteiger partial charge in [0, 0.05) is 5.92 Å². The number of carbonyl (C=O) groups is 2. The van der Waals surface area contributed by atoms with E-state index in [0.29, 0.717) is 0 Å². The summed E-state index contributed by atoms with van der Waals surface area (Å²) in [6.07, 6.45) is -5.86. The molecule has 7 heteroatoms. The van der Waals surface area contributed by atoms with Crippen LogP contribution in [0.2, 0.25) is 0 Å². The van der Waals surface area contributed by atoms with Crippen LogP contribution < -0.4 is 0 Å². The van der Waals surface area contributed by atoms with Crippen molar-refractivity contribution in [3.63, 3.8) is 0 Å². The number of aliphatic hydroxyl groups is 3. The molecule has 0 saturated carbocycles. The molecule has 4 atom stereocenters. The maximum atomic E-state index is 10.2. The van der Waals surface area contributed by atoms with Crippen LogP contribution >= 0.6 is 0 Å². The Morgan fingerprint density at radius 3 is 1.57 bits per heavy atom. The molecule has 0 aromatic heterocycles. The molecule has 0 aromatic carbocycles. The Balaban J connectivity index is 4.45. The zero-order valence-electron chi connectivity index (χ0n) is 7.36. The summed E-state index contributed by atoms with van der Waals surface area (Å²) in [4.78, 5) is 20.4. The van der Waals surface area contributed by atoms with Gasteiger partial charge in [0.25, 0.3) is 0 Å². The molecule has 14 heavy (non-hydrogen) atoms. The molecule has 0 saturated heterocycles. The van der Waals surface area contributed by atoms with Crippen LogP contribution in [0.1, 0.15) is 6.92 Å². The van der Waals surface area contributed by atoms with Crippen LogP contribution in [0.5, 0.6) is 0 Å². The lowest BCUT2D eigenvalue weighted by Crippen LogP contribution is -2.44. The lowest BCUT2D eigenvalue weighted by Gasteiger charge is -2.23. The number of carboxylic acid groups (broad SMARTS) is 2. The van der Waals surface area contributed by atoms with Crippen LogP contribution in [0.4, 0.5) is 0 Å². The van der Waals surface area contributed by atoms with E-state index in [1.165, 1.54) is 0 Å². The minimum atomic E-state index is -2.11. The molecule has 4 unspecified atom stereocenters. The van der Waals surface area contributed by atoms with Gasteiger partial charge in [-0.15, -0.1) is 0 Å². The van der Waals surface area contributed by atoms with Crippen molar-refractivity contribution in [1.29, 1.82) is 0 Å². The topological polar surface area (TPSA) is 135 Å². The number of aliphatic hydroxyl groups excluding tert-OH is 3. The third kappa shape index (κ3) is 2.95. The van der Waals surface area contributed by atoms with Gasteiger partial charge < -0.3 is 25.5 Å². The average molecular weight is 208 g/mol. The van der Waals surface area contributed by atoms with Crippen molar-refractivity contribution in [2.45, 2.75) is 25.2 Å². The van der Waals surface area contributed by atoms with Crippen molar-refractivity contribution >= 4 is 11.9 Å². The number of aliphatic carboxylic acids is 2. The summed E-state index contributed by atoms with van der Waals surface area (Å²) in [6.45, 7) is 1.12. The molecular weight excluding hydrogens is 196 g/mol. The predicted molar refractivity (Wildman–Crippen MR) is 42.5 cm³/mol. The van der Waals surface area contributed by atoms with Gasteiger partial charge in [-0.05, 0) is 0 Å². The summed E-state index contributed by atoms with van der Waals surface area (Å²) in [5.74, 6) is -4.55. The van der Waals surface area contributed by atoms with Gasteiger partial charge in [0.1, 0.15) is 0 Å². The second kappa shape index (κ2) is 4.89. The molecule has 0 rings (SSSR count). The van der Waals surface area contributed by atoms with E-state index < -0.39 is 36.2 Å². The van der Waals surface area contributed by atoms with E-state index in [-0.39, 0.29) is 0 Å². The molecule has 7 nitrogen and oxygen atoms in total. The van der Waals surface area contributed by atoms with Crippen molar-refractivity contribution in [2.75, 3.05) is 0 Å². The van der Waals surface area contributed by atoms with Crippen LogP contribution in [-0.4, -0.2) is 55.8 Å². The van der Waals surface area contributed by atoms with Gasteiger partial charge >= 0.3 is 11.9 Å². The molecule has 0 spiro atoms. The Labute approximate surface area is 79.2 Å². The fourth-order valence-corrected chi connectivity index (χ4v) is 0.845. The lowest BCUT2D eigenvalue weighted by molar-refractivity contribution is -0.163. The molecule has 5 N–H and O–H groups in total. The van der Waals surface area contributed by atoms with Crippen molar-refractivity contribution < 1.29 is 35.1 Å². The summed E-state index contributed by atoms with van der Waals surface area (Å²) >= 11 is 0. The largest absolute Gasteiger partial charge is 0.479 e. The highest BCUT2D eigenvalue weighted by Gasteiger charge is 2.35. The predicted octanol–water partition coefficient (Wildman–Crippen LogP) is -2.13. The molecule has 0 aliphatic carbocycles. The van der Waals surface area contributed by atoms with Gasteiger partial charge in [-0.3, -0.25) is 0 Å². The van der Waals surface area contributed by atoms with E-state index >= 15 is 0 Å². The first-order valence-electron chi connectivity index (χ1n) is 3.78. The summed E-state index contributed by atoms with van der Waals surface area (Å²) in [6, 6.07) is 0. The minimum Gasteiger partial charge on any atom is -0.479 e. The second-order valence-electron chi connectivity index (χ2n) is 2.92. The van der Waals surface area contributed by atoms with Crippen molar-refractivity contribution in [1.82, 2.24) is 0 Å². The first-order chi connectivity index (χ1) is 6.29. The Hall–Kier alpha value is -1.18. The zero-order valence-corrected chi connectivity index (χ0v) is 7.36. The Kier molecular flexibility index (Phi) is 4.48. The smallest absolute Gasteiger partial charge is 0.335 e. The summed E-state index contributed by atoms with van der Waals surface area (Å²) < 4.78 is 0. The van der Waals surface area contributed by atoms with Crippen molar-refractivity contribution in [3.05, 3.63) is 0 Å². The third-order valence-corrected chi connectivity index (χ3v) is 1.87. The monoisotopic (exact) mass is 208 g/mol. The third-order valence-electron chi connectivity index (χ3n) is 1.87. The first kappa shape index (κ1) is 12.8. The van der Waals surface area contributed by atoms with Crippen molar-refractivity contribution in [3.8, 4) is 0 Å². The molecule has 82 valence electrons. The molecule has 0 bridgehead atoms. The summed E-state index contributed by atoms with van der Waals surface area (Å²) in [5, 5.41) is 43.5. The van der Waals surface area contributed by atoms with Crippen LogP contribution in [0.3, 0.4) is 0 Å². The van der Waals surface area contributed by atoms with E-state index in [1.54, 1.807) is 0 Å². The molecule has 0 fully saturated rings. The SMILES string of the molecule is CC(C(O)C(=O)O)C(O)C(O)C(=O)O. The van der Waals surface area contributed by atoms with E-state index in [1.807, 2.05) is 0 Å². The molecule has 0 aliphatic heterocycles. The van der Waals surface area contributed by atoms with Crippen LogP contribution in [0.25, 0.3) is 0 Å². The number of hydrogen-bond acceptors (Lipinski definition) is 5. The number of rotatable bonds is 5. The fraction of sp³-hybridized carbons (Fsp3) is 0.714. The summed E-state index contributed by atoms with van der Waals surface area (Å²) in [5.41, 5.74) is 0. The van der Waals surface area contributed by atoms with Gasteiger partial charge in [-0.2, -0.15) is 0 Å². The Morgan fingerprint density at radius 1 is 0.929 bits per heavy atom. The normalized spacial score (nSPS) is 19.4. The zero-order chi connectivity index (χ0) is 11.5. The van der Waals surface area contributed by atoms with Gasteiger partial charge in [0.15, 0.2) is 12.2 Å². The highest BCUT2D eigenvalue weighted by Crippen LogP contribution is 2.12. The molecule has 0 radical (unpaired) electrons. The van der Waals surface area contributed by atoms with Gasteiger partial charge in [-0.1, -0.05) is 6.92 Å². The maximum absolute atomic E-state index is 10.2. The Morgan fingerprint density at radius 2 is 1.29 bits per heavy atom. The van der Waals surface area contributed by atoms with Crippen LogP contribution in [0.15, 0.2) is 0 Å². The highest BCUT2D eigenvalue weighted by molar-refractivity contribution is 5.74. The van der Waals surface area contributed by atoms with Gasteiger partial charge in [-0.25, -0.2) is 9.59 Å². The van der Waals surface area contributed by atoms with Crippen LogP contribution in [-0.2, 0) is 9.59 Å². The quantitative estimate of drug-likeness (QED) is 0.348. The average Bonchev–Trinajstić information content (AvgIpc) is 2.12. The molecule has 0 aliphatic rings. The van der Waals surface area contributed by atoms with E-state index in [4.69, 9.17) is 25.5 Å². The molecular formula is C7H12O7. The minimum absolute atomic E-state index is 1.12. The number of carboxylic acids is 2. The van der Waals surface area contributed by atoms with Gasteiger partial charge in [0.2, 0.25) is 0 Å². The molecule has 0 heterocycles. The van der Waals surface area contributed by atoms with Crippen molar-refractivity contribution in [2.24, 2.45) is 5.92 Å². The first-order valence-corrected chi connectivity index (χ1v) is 3.78. The summed E-state index contributed by atoms with van der Waals surface area (Å²) in [7, 11) is 0. The maximum Gasteiger partial charge on any atom is 0.335 e. The van der Waals surface area contributed by atoms with E-state index in [2.05, 4.69) is 0 Å². The molecule has 0 aromatic rings. The number of hydrogen-bond donors (Lipinski definition) is 5. The molecule has 0 amide bonds. The van der Waals surface area contributed by atoms with E-state index in [9.17, 15) is 9.59 Å². The lowest BCUT2D eigenvalue weighted by atomic mass is 9.94. The fourth-order valence-electron chi connectivity index (χ4n) is 0.845. The Bertz CT molecular complexity index is 202. The standard InChI is InChI=1S/C7H12O7/c1-2(4(9)6(11)12)3(8)5(10)7(13)14/h2-5,8-10H,1H3,(H,11,12)(H,13,14). The van der Waals surface area contributed by atoms with Gasteiger partial charge in [0.05, 0.1) is 6.10 Å². The van der Waals surface area contributed by atoms with Crippen LogP contribution in [0, 0.1) is 5.92 Å². The highest BCUT2D eigenvalue weighted by atomic mass is 16.4.